The summed E-state index contributed by atoms with van der Waals surface area (Å²) in [5.41, 5.74) is 0.143. The number of amides is 2. The Morgan fingerprint density at radius 3 is 2.26 bits per heavy atom. The van der Waals surface area contributed by atoms with Crippen LogP contribution in [-0.2, 0) is 21.8 Å². The minimum atomic E-state index is -5.01. The van der Waals surface area contributed by atoms with Crippen molar-refractivity contribution in [3.05, 3.63) is 70.5 Å². The molecule has 2 amide bonds. The van der Waals surface area contributed by atoms with Crippen molar-refractivity contribution in [2.24, 2.45) is 5.10 Å². The third-order valence-corrected chi connectivity index (χ3v) is 6.10. The molecule has 2 aliphatic rings. The van der Waals surface area contributed by atoms with Crippen LogP contribution in [0.15, 0.2) is 47.6 Å². The highest BCUT2D eigenvalue weighted by Gasteiger charge is 2.39. The first-order valence-corrected chi connectivity index (χ1v) is 11.5. The summed E-state index contributed by atoms with van der Waals surface area (Å²) in [5.74, 6) is -0.505. The summed E-state index contributed by atoms with van der Waals surface area (Å²) in [6.07, 6.45) is -12.4. The van der Waals surface area contributed by atoms with Gasteiger partial charge in [-0.3, -0.25) is 4.90 Å². The molecule has 0 aliphatic carbocycles. The van der Waals surface area contributed by atoms with E-state index in [-0.39, 0.29) is 31.3 Å². The monoisotopic (exact) mass is 548 g/mol. The van der Waals surface area contributed by atoms with Crippen molar-refractivity contribution in [2.75, 3.05) is 26.2 Å². The summed E-state index contributed by atoms with van der Waals surface area (Å²) in [6, 6.07) is 5.47. The van der Waals surface area contributed by atoms with Gasteiger partial charge >= 0.3 is 18.4 Å². The lowest BCUT2D eigenvalue weighted by molar-refractivity contribution is -0.227. The number of morpholine rings is 1. The molecule has 206 valence electrons. The Kier molecular flexibility index (Phi) is 7.95. The number of halogens is 7. The van der Waals surface area contributed by atoms with Gasteiger partial charge in [-0.2, -0.15) is 31.4 Å². The average molecular weight is 548 g/mol. The number of carbonyl (C=O) groups excluding carboxylic acids is 1. The molecule has 1 saturated heterocycles. The van der Waals surface area contributed by atoms with Crippen molar-refractivity contribution >= 4 is 11.7 Å². The van der Waals surface area contributed by atoms with Gasteiger partial charge in [-0.05, 0) is 48.4 Å². The van der Waals surface area contributed by atoms with Gasteiger partial charge in [0.05, 0.1) is 42.1 Å². The lowest BCUT2D eigenvalue weighted by Crippen LogP contribution is -2.51. The molecule has 38 heavy (non-hydrogen) atoms. The van der Waals surface area contributed by atoms with Gasteiger partial charge in [0, 0.05) is 13.1 Å². The number of hydrazone groups is 1. The van der Waals surface area contributed by atoms with E-state index in [1.807, 2.05) is 4.90 Å². The molecule has 0 saturated carbocycles. The van der Waals surface area contributed by atoms with Gasteiger partial charge in [-0.25, -0.2) is 14.6 Å². The number of urea groups is 1. The Balaban J connectivity index is 1.64. The van der Waals surface area contributed by atoms with Gasteiger partial charge in [0.15, 0.2) is 6.29 Å². The number of alkyl halides is 6. The third kappa shape index (κ3) is 6.60. The summed E-state index contributed by atoms with van der Waals surface area (Å²) in [4.78, 5) is 13.2. The largest absolute Gasteiger partial charge is 0.416 e. The van der Waals surface area contributed by atoms with Gasteiger partial charge in [0.2, 0.25) is 0 Å². The molecule has 7 nitrogen and oxygen atoms in total. The van der Waals surface area contributed by atoms with Crippen LogP contribution in [0.1, 0.15) is 41.3 Å². The van der Waals surface area contributed by atoms with E-state index >= 15 is 0 Å². The molecule has 0 aromatic heterocycles. The van der Waals surface area contributed by atoms with Crippen LogP contribution in [0.2, 0.25) is 0 Å². The van der Waals surface area contributed by atoms with Crippen molar-refractivity contribution < 1.29 is 45.0 Å². The summed E-state index contributed by atoms with van der Waals surface area (Å²) in [7, 11) is 0. The second-order valence-electron chi connectivity index (χ2n) is 8.80. The van der Waals surface area contributed by atoms with E-state index in [2.05, 4.69) is 15.8 Å². The molecule has 2 N–H and O–H groups in total. The summed E-state index contributed by atoms with van der Waals surface area (Å²) in [6.45, 7) is 2.17. The highest BCUT2D eigenvalue weighted by Crippen LogP contribution is 2.39. The van der Waals surface area contributed by atoms with Crippen LogP contribution >= 0.6 is 0 Å². The fraction of sp³-hybridized carbons (Fsp3) is 0.417. The van der Waals surface area contributed by atoms with Crippen LogP contribution in [0.3, 0.4) is 0 Å². The molecule has 1 fully saturated rings. The van der Waals surface area contributed by atoms with Crippen molar-refractivity contribution in [1.82, 2.24) is 15.6 Å². The number of hydrogen-bond donors (Lipinski definition) is 2. The number of ether oxygens (including phenoxy) is 2. The first-order chi connectivity index (χ1) is 17.8. The highest BCUT2D eigenvalue weighted by molar-refractivity contribution is 5.94. The van der Waals surface area contributed by atoms with Crippen molar-refractivity contribution in [2.45, 2.75) is 37.7 Å². The van der Waals surface area contributed by atoms with Crippen LogP contribution in [0.4, 0.5) is 35.5 Å². The number of rotatable bonds is 6. The van der Waals surface area contributed by atoms with Crippen LogP contribution in [-0.4, -0.2) is 49.2 Å². The minimum absolute atomic E-state index is 0.0497. The minimum Gasteiger partial charge on any atom is -0.349 e. The van der Waals surface area contributed by atoms with E-state index in [0.29, 0.717) is 30.0 Å². The maximum atomic E-state index is 13.6. The lowest BCUT2D eigenvalue weighted by Gasteiger charge is -2.42. The Morgan fingerprint density at radius 2 is 1.71 bits per heavy atom. The zero-order chi connectivity index (χ0) is 27.7. The van der Waals surface area contributed by atoms with E-state index in [9.17, 15) is 35.5 Å². The van der Waals surface area contributed by atoms with Crippen LogP contribution < -0.4 is 10.7 Å². The molecule has 0 bridgehead atoms. The second kappa shape index (κ2) is 10.9. The number of carbonyl (C=O) groups is 1. The number of hydrogen-bond acceptors (Lipinski definition) is 5. The maximum absolute atomic E-state index is 13.6. The quantitative estimate of drug-likeness (QED) is 0.498. The highest BCUT2D eigenvalue weighted by atomic mass is 19.4. The molecule has 0 spiro atoms. The van der Waals surface area contributed by atoms with Crippen LogP contribution in [0, 0.1) is 5.82 Å². The first kappa shape index (κ1) is 27.8. The fourth-order valence-electron chi connectivity index (χ4n) is 4.22. The Bertz CT molecular complexity index is 1150. The number of nitrogens with zero attached hydrogens (tertiary/aromatic N) is 2. The van der Waals surface area contributed by atoms with E-state index in [1.165, 1.54) is 31.2 Å². The Hall–Kier alpha value is -3.23. The molecule has 0 unspecified atom stereocenters. The SMILES string of the molecule is C[C@@H](O[C@H]1OCCN(CC2=NNC(=O)NC2)[C@H]1c1ccc(F)cc1)c1cc(C(F)(F)F)cc(C(F)(F)F)c1. The van der Waals surface area contributed by atoms with Gasteiger partial charge < -0.3 is 14.8 Å². The van der Waals surface area contributed by atoms with Crippen molar-refractivity contribution in [3.8, 4) is 0 Å². The predicted octanol–water partition coefficient (Wildman–Crippen LogP) is 5.01. The summed E-state index contributed by atoms with van der Waals surface area (Å²) < 4.78 is 105. The molecule has 2 aromatic rings. The van der Waals surface area contributed by atoms with Gasteiger partial charge in [-0.15, -0.1) is 0 Å². The molecule has 2 aromatic carbocycles. The molecular formula is C24H23F7N4O3. The molecule has 14 heteroatoms. The zero-order valence-electron chi connectivity index (χ0n) is 19.9. The molecule has 2 heterocycles. The first-order valence-electron chi connectivity index (χ1n) is 11.5. The van der Waals surface area contributed by atoms with Gasteiger partial charge in [0.1, 0.15) is 5.82 Å². The van der Waals surface area contributed by atoms with Crippen molar-refractivity contribution in [3.63, 3.8) is 0 Å². The molecule has 4 rings (SSSR count). The van der Waals surface area contributed by atoms with E-state index in [1.54, 1.807) is 0 Å². The topological polar surface area (TPSA) is 75.2 Å². The van der Waals surface area contributed by atoms with Crippen molar-refractivity contribution in [1.29, 1.82) is 0 Å². The third-order valence-electron chi connectivity index (χ3n) is 6.10. The predicted molar refractivity (Wildman–Crippen MR) is 120 cm³/mol. The Labute approximate surface area is 212 Å². The number of nitrogens with one attached hydrogen (secondary N) is 2. The average Bonchev–Trinajstić information content (AvgIpc) is 2.85. The zero-order valence-corrected chi connectivity index (χ0v) is 19.9. The standard InChI is InChI=1S/C24H23F7N4O3/c1-13(15-8-16(23(26,27)28)10-17(9-15)24(29,30)31)38-21-20(14-2-4-18(25)5-3-14)35(6-7-37-21)12-19-11-32-22(36)34-33-19/h2-5,8-10,13,20-21H,6-7,11-12H2,1H3,(H2,32,34,36)/t13-,20+,21-/m1/s1. The molecule has 3 atom stereocenters. The van der Waals surface area contributed by atoms with Gasteiger partial charge in [-0.1, -0.05) is 12.1 Å². The molecule has 0 radical (unpaired) electrons. The summed E-state index contributed by atoms with van der Waals surface area (Å²) in [5, 5.41) is 6.58. The second-order valence-corrected chi connectivity index (χ2v) is 8.80. The van der Waals surface area contributed by atoms with E-state index in [4.69, 9.17) is 9.47 Å². The normalized spacial score (nSPS) is 21.9. The van der Waals surface area contributed by atoms with Crippen LogP contribution in [0.25, 0.3) is 0 Å². The van der Waals surface area contributed by atoms with Crippen LogP contribution in [0.5, 0.6) is 0 Å². The summed E-state index contributed by atoms with van der Waals surface area (Å²) >= 11 is 0. The number of benzene rings is 2. The van der Waals surface area contributed by atoms with E-state index in [0.717, 1.165) is 0 Å². The fourth-order valence-corrected chi connectivity index (χ4v) is 4.22. The maximum Gasteiger partial charge on any atom is 0.416 e. The molecule has 2 aliphatic heterocycles. The van der Waals surface area contributed by atoms with E-state index < -0.39 is 53.8 Å². The smallest absolute Gasteiger partial charge is 0.349 e. The molecular weight excluding hydrogens is 525 g/mol. The Morgan fingerprint density at radius 1 is 1.08 bits per heavy atom. The lowest BCUT2D eigenvalue weighted by atomic mass is 10.0. The van der Waals surface area contributed by atoms with Gasteiger partial charge in [0.25, 0.3) is 0 Å².